The number of alkyl halides is 6. The van der Waals surface area contributed by atoms with Crippen molar-refractivity contribution in [3.63, 3.8) is 0 Å². The van der Waals surface area contributed by atoms with Crippen LogP contribution in [0.3, 0.4) is 0 Å². The lowest BCUT2D eigenvalue weighted by atomic mass is 10.0. The minimum absolute atomic E-state index is 0.0227. The van der Waals surface area contributed by atoms with Gasteiger partial charge in [0.15, 0.2) is 5.78 Å². The van der Waals surface area contributed by atoms with E-state index in [1.54, 1.807) is 6.92 Å². The van der Waals surface area contributed by atoms with Gasteiger partial charge in [0, 0.05) is 18.4 Å². The van der Waals surface area contributed by atoms with E-state index in [9.17, 15) is 35.9 Å². The summed E-state index contributed by atoms with van der Waals surface area (Å²) in [6, 6.07) is 9.00. The molecule has 2 rings (SSSR count). The molecule has 27 heavy (non-hydrogen) atoms. The molecule has 0 fully saturated rings. The Morgan fingerprint density at radius 1 is 0.815 bits per heavy atom. The fraction of sp³-hybridized carbons (Fsp3) is 0.263. The third-order valence-corrected chi connectivity index (χ3v) is 3.40. The molecule has 0 bridgehead atoms. The minimum atomic E-state index is -4.40. The van der Waals surface area contributed by atoms with Gasteiger partial charge in [-0.15, -0.1) is 0 Å². The van der Waals surface area contributed by atoms with Crippen LogP contribution >= 0.6 is 0 Å². The first-order chi connectivity index (χ1) is 12.4. The SMILES string of the molecule is Cc1ccc(C(F)(F)F)cc1.O=CCCC(=O)c1ccc(C(F)(F)F)cc1. The largest absolute Gasteiger partial charge is 0.416 e. The summed E-state index contributed by atoms with van der Waals surface area (Å²) in [5.74, 6) is -0.333. The number of aldehydes is 1. The zero-order valence-corrected chi connectivity index (χ0v) is 14.2. The maximum Gasteiger partial charge on any atom is 0.416 e. The number of carbonyl (C=O) groups is 2. The average molecular weight is 390 g/mol. The van der Waals surface area contributed by atoms with Gasteiger partial charge in [-0.2, -0.15) is 26.3 Å². The highest BCUT2D eigenvalue weighted by Crippen LogP contribution is 2.29. The summed E-state index contributed by atoms with van der Waals surface area (Å²) in [4.78, 5) is 21.3. The van der Waals surface area contributed by atoms with E-state index in [2.05, 4.69) is 0 Å². The Morgan fingerprint density at radius 2 is 1.22 bits per heavy atom. The highest BCUT2D eigenvalue weighted by Gasteiger charge is 2.30. The number of aryl methyl sites for hydroxylation is 1. The number of halogens is 6. The van der Waals surface area contributed by atoms with Crippen LogP contribution in [0, 0.1) is 6.92 Å². The summed E-state index contributed by atoms with van der Waals surface area (Å²) in [5, 5.41) is 0. The maximum atomic E-state index is 12.2. The van der Waals surface area contributed by atoms with Crippen molar-refractivity contribution >= 4 is 12.1 Å². The first-order valence-electron chi connectivity index (χ1n) is 7.73. The van der Waals surface area contributed by atoms with E-state index >= 15 is 0 Å². The van der Waals surface area contributed by atoms with Crippen LogP contribution in [-0.2, 0) is 17.1 Å². The quantitative estimate of drug-likeness (QED) is 0.371. The van der Waals surface area contributed by atoms with Crippen molar-refractivity contribution < 1.29 is 35.9 Å². The molecule has 0 amide bonds. The lowest BCUT2D eigenvalue weighted by molar-refractivity contribution is -0.138. The lowest BCUT2D eigenvalue weighted by Gasteiger charge is -2.06. The third-order valence-electron chi connectivity index (χ3n) is 3.40. The predicted molar refractivity (Wildman–Crippen MR) is 87.3 cm³/mol. The average Bonchev–Trinajstić information content (AvgIpc) is 2.59. The molecule has 0 unspecified atom stereocenters. The number of hydrogen-bond donors (Lipinski definition) is 0. The van der Waals surface area contributed by atoms with Crippen LogP contribution in [0.1, 0.15) is 39.9 Å². The zero-order chi connectivity index (χ0) is 20.7. The second kappa shape index (κ2) is 9.34. The molecule has 0 saturated heterocycles. The van der Waals surface area contributed by atoms with Gasteiger partial charge in [-0.05, 0) is 31.2 Å². The monoisotopic (exact) mass is 390 g/mol. The van der Waals surface area contributed by atoms with Crippen LogP contribution in [-0.4, -0.2) is 12.1 Å². The Morgan fingerprint density at radius 3 is 1.59 bits per heavy atom. The molecule has 0 N–H and O–H groups in total. The number of carbonyl (C=O) groups excluding carboxylic acids is 2. The molecule has 146 valence electrons. The summed E-state index contributed by atoms with van der Waals surface area (Å²) >= 11 is 0. The summed E-state index contributed by atoms with van der Waals surface area (Å²) in [5.41, 5.74) is -0.365. The topological polar surface area (TPSA) is 34.1 Å². The van der Waals surface area contributed by atoms with Crippen molar-refractivity contribution in [1.82, 2.24) is 0 Å². The van der Waals surface area contributed by atoms with Gasteiger partial charge in [0.25, 0.3) is 0 Å². The second-order valence-corrected chi connectivity index (χ2v) is 5.57. The van der Waals surface area contributed by atoms with E-state index in [1.165, 1.54) is 12.1 Å². The molecule has 8 heteroatoms. The third kappa shape index (κ3) is 7.64. The van der Waals surface area contributed by atoms with Crippen LogP contribution in [0.25, 0.3) is 0 Å². The summed E-state index contributed by atoms with van der Waals surface area (Å²) in [6.45, 7) is 1.75. The van der Waals surface area contributed by atoms with Crippen molar-refractivity contribution in [1.29, 1.82) is 0 Å². The molecule has 0 aliphatic carbocycles. The van der Waals surface area contributed by atoms with Crippen molar-refractivity contribution in [3.8, 4) is 0 Å². The molecular weight excluding hydrogens is 374 g/mol. The molecule has 0 atom stereocenters. The fourth-order valence-electron chi connectivity index (χ4n) is 1.92. The first kappa shape index (κ1) is 22.4. The van der Waals surface area contributed by atoms with Crippen LogP contribution < -0.4 is 0 Å². The van der Waals surface area contributed by atoms with Crippen molar-refractivity contribution in [2.24, 2.45) is 0 Å². The standard InChI is InChI=1S/C11H9F3O2.C8H7F3/c12-11(13,14)9-5-3-8(4-6-9)10(16)2-1-7-15;1-6-2-4-7(5-3-6)8(9,10)11/h3-7H,1-2H2;2-5H,1H3. The predicted octanol–water partition coefficient (Wildman–Crippen LogP) is 5.88. The molecule has 2 aromatic rings. The lowest BCUT2D eigenvalue weighted by Crippen LogP contribution is -2.06. The fourth-order valence-corrected chi connectivity index (χ4v) is 1.92. The second-order valence-electron chi connectivity index (χ2n) is 5.57. The van der Waals surface area contributed by atoms with Crippen LogP contribution in [0.4, 0.5) is 26.3 Å². The number of Topliss-reactive ketones (excluding diaryl/α,β-unsaturated/α-hetero) is 1. The smallest absolute Gasteiger partial charge is 0.303 e. The highest BCUT2D eigenvalue weighted by atomic mass is 19.4. The van der Waals surface area contributed by atoms with Gasteiger partial charge < -0.3 is 4.79 Å². The normalized spacial score (nSPS) is 11.4. The Balaban J connectivity index is 0.000000289. The number of rotatable bonds is 4. The van der Waals surface area contributed by atoms with E-state index in [-0.39, 0.29) is 24.2 Å². The molecular formula is C19H16F6O2. The van der Waals surface area contributed by atoms with Crippen LogP contribution in [0.5, 0.6) is 0 Å². The number of hydrogen-bond acceptors (Lipinski definition) is 2. The van der Waals surface area contributed by atoms with Gasteiger partial charge >= 0.3 is 12.4 Å². The molecule has 0 radical (unpaired) electrons. The number of benzene rings is 2. The molecule has 0 aliphatic heterocycles. The first-order valence-corrected chi connectivity index (χ1v) is 7.73. The van der Waals surface area contributed by atoms with Gasteiger partial charge in [-0.25, -0.2) is 0 Å². The van der Waals surface area contributed by atoms with E-state index in [0.717, 1.165) is 42.0 Å². The van der Waals surface area contributed by atoms with E-state index in [1.807, 2.05) is 0 Å². The molecule has 0 aromatic heterocycles. The summed E-state index contributed by atoms with van der Waals surface area (Å²) in [6.07, 6.45) is -7.91. The van der Waals surface area contributed by atoms with Crippen LogP contribution in [0.2, 0.25) is 0 Å². The Kier molecular flexibility index (Phi) is 7.75. The van der Waals surface area contributed by atoms with Gasteiger partial charge in [-0.3, -0.25) is 4.79 Å². The molecule has 0 saturated carbocycles. The minimum Gasteiger partial charge on any atom is -0.303 e. The molecule has 0 aliphatic rings. The Hall–Kier alpha value is -2.64. The Bertz CT molecular complexity index is 744. The van der Waals surface area contributed by atoms with Crippen molar-refractivity contribution in [2.75, 3.05) is 0 Å². The van der Waals surface area contributed by atoms with E-state index in [4.69, 9.17) is 0 Å². The Labute approximate surface area is 151 Å². The zero-order valence-electron chi connectivity index (χ0n) is 14.2. The molecule has 2 nitrogen and oxygen atoms in total. The molecule has 2 aromatic carbocycles. The van der Waals surface area contributed by atoms with Gasteiger partial charge in [0.05, 0.1) is 11.1 Å². The molecule has 0 spiro atoms. The van der Waals surface area contributed by atoms with E-state index in [0.29, 0.717) is 6.29 Å². The summed E-state index contributed by atoms with van der Waals surface area (Å²) in [7, 11) is 0. The van der Waals surface area contributed by atoms with Gasteiger partial charge in [-0.1, -0.05) is 29.8 Å². The molecule has 0 heterocycles. The number of ketones is 1. The van der Waals surface area contributed by atoms with Crippen molar-refractivity contribution in [2.45, 2.75) is 32.1 Å². The van der Waals surface area contributed by atoms with E-state index < -0.39 is 23.5 Å². The highest BCUT2D eigenvalue weighted by molar-refractivity contribution is 5.96. The van der Waals surface area contributed by atoms with Gasteiger partial charge in [0.2, 0.25) is 0 Å². The van der Waals surface area contributed by atoms with Crippen LogP contribution in [0.15, 0.2) is 48.5 Å². The van der Waals surface area contributed by atoms with Gasteiger partial charge in [0.1, 0.15) is 6.29 Å². The summed E-state index contributed by atoms with van der Waals surface area (Å²) < 4.78 is 72.3. The maximum absolute atomic E-state index is 12.2. The van der Waals surface area contributed by atoms with Crippen molar-refractivity contribution in [3.05, 3.63) is 70.8 Å².